The molecule has 2 heterocycles. The number of hydrogen-bond donors (Lipinski definition) is 1. The summed E-state index contributed by atoms with van der Waals surface area (Å²) in [6, 6.07) is 8.98. The fraction of sp³-hybridized carbons (Fsp3) is 0.429. The molecule has 1 aromatic carbocycles. The van der Waals surface area contributed by atoms with E-state index in [0.717, 1.165) is 0 Å². The van der Waals surface area contributed by atoms with Gasteiger partial charge in [0.15, 0.2) is 0 Å². The second-order valence-corrected chi connectivity index (χ2v) is 10.3. The molecule has 10 heteroatoms. The van der Waals surface area contributed by atoms with Crippen LogP contribution in [0.15, 0.2) is 46.7 Å². The Hall–Kier alpha value is -2.27. The van der Waals surface area contributed by atoms with Crippen LogP contribution in [0.1, 0.15) is 29.1 Å². The SMILES string of the molecule is CC(C)C(NC(=O)c1cccs1)C(=O)OCc1cccc(S(=O)(=O)N2CCOCC2)c1. The zero-order valence-electron chi connectivity index (χ0n) is 17.4. The Kier molecular flexibility index (Phi) is 7.82. The van der Waals surface area contributed by atoms with E-state index in [-0.39, 0.29) is 23.3 Å². The van der Waals surface area contributed by atoms with E-state index in [1.165, 1.54) is 27.8 Å². The third-order valence-corrected chi connectivity index (χ3v) is 7.60. The van der Waals surface area contributed by atoms with Gasteiger partial charge in [-0.05, 0) is 35.1 Å². The number of thiophene rings is 1. The van der Waals surface area contributed by atoms with Crippen LogP contribution in [0.25, 0.3) is 0 Å². The highest BCUT2D eigenvalue weighted by molar-refractivity contribution is 7.89. The highest BCUT2D eigenvalue weighted by atomic mass is 32.2. The summed E-state index contributed by atoms with van der Waals surface area (Å²) in [4.78, 5) is 25.6. The molecule has 1 aliphatic rings. The molecule has 1 unspecified atom stereocenters. The van der Waals surface area contributed by atoms with Crippen LogP contribution in [-0.2, 0) is 30.9 Å². The zero-order valence-corrected chi connectivity index (χ0v) is 19.1. The van der Waals surface area contributed by atoms with Gasteiger partial charge in [0.1, 0.15) is 12.6 Å². The van der Waals surface area contributed by atoms with E-state index in [2.05, 4.69) is 5.32 Å². The van der Waals surface area contributed by atoms with Gasteiger partial charge in [-0.3, -0.25) is 4.79 Å². The maximum atomic E-state index is 12.8. The Morgan fingerprint density at radius 3 is 2.58 bits per heavy atom. The van der Waals surface area contributed by atoms with Gasteiger partial charge in [0.2, 0.25) is 10.0 Å². The molecule has 1 aliphatic heterocycles. The lowest BCUT2D eigenvalue weighted by molar-refractivity contribution is -0.148. The van der Waals surface area contributed by atoms with Crippen molar-refractivity contribution in [3.8, 4) is 0 Å². The number of carbonyl (C=O) groups is 2. The Bertz CT molecular complexity index is 999. The van der Waals surface area contributed by atoms with Gasteiger partial charge in [-0.15, -0.1) is 11.3 Å². The number of carbonyl (C=O) groups excluding carboxylic acids is 2. The number of nitrogens with one attached hydrogen (secondary N) is 1. The minimum absolute atomic E-state index is 0.0939. The topological polar surface area (TPSA) is 102 Å². The molecule has 1 aromatic heterocycles. The molecule has 168 valence electrons. The van der Waals surface area contributed by atoms with Gasteiger partial charge in [0, 0.05) is 13.1 Å². The number of ether oxygens (including phenoxy) is 2. The van der Waals surface area contributed by atoms with Crippen LogP contribution in [0.4, 0.5) is 0 Å². The molecule has 3 rings (SSSR count). The maximum absolute atomic E-state index is 12.8. The summed E-state index contributed by atoms with van der Waals surface area (Å²) in [7, 11) is -3.64. The first-order valence-electron chi connectivity index (χ1n) is 9.97. The lowest BCUT2D eigenvalue weighted by atomic mass is 10.0. The van der Waals surface area contributed by atoms with Crippen LogP contribution in [-0.4, -0.2) is 56.9 Å². The lowest BCUT2D eigenvalue weighted by Crippen LogP contribution is -2.45. The Morgan fingerprint density at radius 2 is 1.94 bits per heavy atom. The first-order valence-corrected chi connectivity index (χ1v) is 12.3. The van der Waals surface area contributed by atoms with Gasteiger partial charge in [-0.25, -0.2) is 13.2 Å². The maximum Gasteiger partial charge on any atom is 0.329 e. The van der Waals surface area contributed by atoms with Gasteiger partial charge in [0.05, 0.1) is 23.0 Å². The van der Waals surface area contributed by atoms with Crippen molar-refractivity contribution in [1.29, 1.82) is 0 Å². The number of nitrogens with zero attached hydrogens (tertiary/aromatic N) is 1. The summed E-state index contributed by atoms with van der Waals surface area (Å²) in [5, 5.41) is 4.50. The van der Waals surface area contributed by atoms with Crippen LogP contribution >= 0.6 is 11.3 Å². The highest BCUT2D eigenvalue weighted by Crippen LogP contribution is 2.19. The second-order valence-electron chi connectivity index (χ2n) is 7.44. The number of amides is 1. The number of esters is 1. The first-order chi connectivity index (χ1) is 14.8. The predicted molar refractivity (Wildman–Crippen MR) is 116 cm³/mol. The molecule has 0 spiro atoms. The van der Waals surface area contributed by atoms with Crippen molar-refractivity contribution in [2.24, 2.45) is 5.92 Å². The van der Waals surface area contributed by atoms with Crippen LogP contribution in [0.3, 0.4) is 0 Å². The summed E-state index contributed by atoms with van der Waals surface area (Å²) in [5.41, 5.74) is 0.551. The van der Waals surface area contributed by atoms with Crippen molar-refractivity contribution in [1.82, 2.24) is 9.62 Å². The largest absolute Gasteiger partial charge is 0.459 e. The molecule has 1 amide bonds. The fourth-order valence-corrected chi connectivity index (χ4v) is 5.20. The van der Waals surface area contributed by atoms with Crippen LogP contribution in [0, 0.1) is 5.92 Å². The van der Waals surface area contributed by atoms with E-state index in [0.29, 0.717) is 36.7 Å². The Morgan fingerprint density at radius 1 is 1.19 bits per heavy atom. The molecule has 0 saturated carbocycles. The van der Waals surface area contributed by atoms with Crippen molar-refractivity contribution in [3.05, 3.63) is 52.2 Å². The lowest BCUT2D eigenvalue weighted by Gasteiger charge is -2.26. The number of morpholine rings is 1. The zero-order chi connectivity index (χ0) is 22.4. The van der Waals surface area contributed by atoms with Crippen molar-refractivity contribution in [2.75, 3.05) is 26.3 Å². The van der Waals surface area contributed by atoms with Gasteiger partial charge in [0.25, 0.3) is 5.91 Å². The van der Waals surface area contributed by atoms with Gasteiger partial charge < -0.3 is 14.8 Å². The van der Waals surface area contributed by atoms with Crippen molar-refractivity contribution in [2.45, 2.75) is 31.4 Å². The third-order valence-electron chi connectivity index (χ3n) is 4.84. The summed E-state index contributed by atoms with van der Waals surface area (Å²) in [6.07, 6.45) is 0. The molecular weight excluding hydrogens is 440 g/mol. The van der Waals surface area contributed by atoms with Gasteiger partial charge in [-0.2, -0.15) is 4.31 Å². The summed E-state index contributed by atoms with van der Waals surface area (Å²) in [6.45, 7) is 4.88. The van der Waals surface area contributed by atoms with Crippen molar-refractivity contribution in [3.63, 3.8) is 0 Å². The standard InChI is InChI=1S/C21H26N2O6S2/c1-15(2)19(22-20(24)18-7-4-12-30-18)21(25)29-14-16-5-3-6-17(13-16)31(26,27)23-8-10-28-11-9-23/h3-7,12-13,15,19H,8-11,14H2,1-2H3,(H,22,24). The van der Waals surface area contributed by atoms with Gasteiger partial charge in [-0.1, -0.05) is 32.0 Å². The summed E-state index contributed by atoms with van der Waals surface area (Å²) < 4.78 is 37.7. The normalized spacial score (nSPS) is 16.1. The number of hydrogen-bond acceptors (Lipinski definition) is 7. The van der Waals surface area contributed by atoms with E-state index < -0.39 is 22.0 Å². The van der Waals surface area contributed by atoms with Crippen LogP contribution in [0.5, 0.6) is 0 Å². The fourth-order valence-electron chi connectivity index (χ4n) is 3.09. The molecule has 1 fully saturated rings. The van der Waals surface area contributed by atoms with Gasteiger partial charge >= 0.3 is 5.97 Å². The predicted octanol–water partition coefficient (Wildman–Crippen LogP) is 2.27. The molecule has 1 N–H and O–H groups in total. The Labute approximate surface area is 186 Å². The molecule has 1 atom stereocenters. The molecule has 2 aromatic rings. The average Bonchev–Trinajstić information content (AvgIpc) is 3.31. The molecule has 0 aliphatic carbocycles. The minimum Gasteiger partial charge on any atom is -0.459 e. The highest BCUT2D eigenvalue weighted by Gasteiger charge is 2.28. The minimum atomic E-state index is -3.64. The smallest absolute Gasteiger partial charge is 0.329 e. The summed E-state index contributed by atoms with van der Waals surface area (Å²) in [5.74, 6) is -1.07. The molecule has 0 bridgehead atoms. The number of rotatable bonds is 8. The molecule has 8 nitrogen and oxygen atoms in total. The average molecular weight is 467 g/mol. The van der Waals surface area contributed by atoms with Crippen molar-refractivity contribution >= 4 is 33.2 Å². The van der Waals surface area contributed by atoms with Crippen LogP contribution < -0.4 is 5.32 Å². The number of benzene rings is 1. The second kappa shape index (κ2) is 10.4. The van der Waals surface area contributed by atoms with E-state index in [4.69, 9.17) is 9.47 Å². The monoisotopic (exact) mass is 466 g/mol. The molecule has 0 radical (unpaired) electrons. The third kappa shape index (κ3) is 5.91. The molecular formula is C21H26N2O6S2. The Balaban J connectivity index is 1.65. The van der Waals surface area contributed by atoms with E-state index in [1.807, 2.05) is 13.8 Å². The van der Waals surface area contributed by atoms with E-state index >= 15 is 0 Å². The number of sulfonamides is 1. The van der Waals surface area contributed by atoms with E-state index in [9.17, 15) is 18.0 Å². The van der Waals surface area contributed by atoms with Crippen LogP contribution in [0.2, 0.25) is 0 Å². The van der Waals surface area contributed by atoms with E-state index in [1.54, 1.807) is 29.6 Å². The summed E-state index contributed by atoms with van der Waals surface area (Å²) >= 11 is 1.29. The molecule has 31 heavy (non-hydrogen) atoms. The first kappa shape index (κ1) is 23.4. The van der Waals surface area contributed by atoms with Crippen molar-refractivity contribution < 1.29 is 27.5 Å². The molecule has 1 saturated heterocycles. The quantitative estimate of drug-likeness (QED) is 0.599.